The van der Waals surface area contributed by atoms with Crippen LogP contribution < -0.4 is 5.32 Å². The number of carbonyl (C=O) groups excluding carboxylic acids is 1. The van der Waals surface area contributed by atoms with Gasteiger partial charge in [-0.3, -0.25) is 0 Å². The van der Waals surface area contributed by atoms with E-state index >= 15 is 0 Å². The Kier molecular flexibility index (Phi) is 6.05. The van der Waals surface area contributed by atoms with Gasteiger partial charge in [0.2, 0.25) is 0 Å². The molecular weight excluding hydrogens is 264 g/mol. The minimum atomic E-state index is 0.0342. The second-order valence-electron chi connectivity index (χ2n) is 5.99. The Balaban J connectivity index is 1.70. The summed E-state index contributed by atoms with van der Waals surface area (Å²) >= 11 is 0. The molecule has 116 valence electrons. The Bertz CT molecular complexity index is 428. The second-order valence-corrected chi connectivity index (χ2v) is 5.99. The summed E-state index contributed by atoms with van der Waals surface area (Å²) in [6, 6.07) is 10.6. The first kappa shape index (κ1) is 15.8. The van der Waals surface area contributed by atoms with Gasteiger partial charge in [0, 0.05) is 25.7 Å². The Morgan fingerprint density at radius 3 is 2.62 bits per heavy atom. The molecule has 1 fully saturated rings. The van der Waals surface area contributed by atoms with E-state index in [2.05, 4.69) is 24.4 Å². The van der Waals surface area contributed by atoms with Crippen molar-refractivity contribution >= 4 is 6.03 Å². The maximum absolute atomic E-state index is 12.2. The maximum Gasteiger partial charge on any atom is 0.317 e. The summed E-state index contributed by atoms with van der Waals surface area (Å²) in [6.45, 7) is 3.80. The van der Waals surface area contributed by atoms with Crippen LogP contribution in [0.1, 0.15) is 31.7 Å². The average molecular weight is 290 g/mol. The third-order valence-electron chi connectivity index (χ3n) is 4.24. The number of aliphatic hydroxyl groups excluding tert-OH is 1. The first-order valence-electron chi connectivity index (χ1n) is 7.89. The van der Waals surface area contributed by atoms with Crippen LogP contribution in [0.25, 0.3) is 0 Å². The fourth-order valence-electron chi connectivity index (χ4n) is 2.72. The maximum atomic E-state index is 12.2. The molecule has 1 aromatic rings. The minimum Gasteiger partial charge on any atom is -0.396 e. The highest BCUT2D eigenvalue weighted by Crippen LogP contribution is 2.16. The van der Waals surface area contributed by atoms with Crippen molar-refractivity contribution in [2.75, 3.05) is 19.7 Å². The first-order valence-corrected chi connectivity index (χ1v) is 7.89. The summed E-state index contributed by atoms with van der Waals surface area (Å²) in [6.07, 6.45) is 3.74. The van der Waals surface area contributed by atoms with Crippen molar-refractivity contribution in [3.8, 4) is 0 Å². The summed E-state index contributed by atoms with van der Waals surface area (Å²) in [7, 11) is 0. The lowest BCUT2D eigenvalue weighted by Gasteiger charge is -2.32. The predicted molar refractivity (Wildman–Crippen MR) is 84.1 cm³/mol. The molecule has 1 aliphatic heterocycles. The number of benzene rings is 1. The van der Waals surface area contributed by atoms with Crippen LogP contribution in [0.3, 0.4) is 0 Å². The van der Waals surface area contributed by atoms with Gasteiger partial charge in [-0.2, -0.15) is 0 Å². The molecule has 1 atom stereocenters. The molecule has 0 saturated carbocycles. The molecule has 0 bridgehead atoms. The number of carbonyl (C=O) groups is 1. The molecule has 1 aromatic carbocycles. The van der Waals surface area contributed by atoms with Crippen molar-refractivity contribution in [3.63, 3.8) is 0 Å². The van der Waals surface area contributed by atoms with Crippen molar-refractivity contribution in [2.24, 2.45) is 5.92 Å². The molecular formula is C17H26N2O2. The number of hydrogen-bond acceptors (Lipinski definition) is 2. The van der Waals surface area contributed by atoms with Crippen molar-refractivity contribution < 1.29 is 9.90 Å². The van der Waals surface area contributed by atoms with Gasteiger partial charge < -0.3 is 15.3 Å². The zero-order valence-corrected chi connectivity index (χ0v) is 12.8. The summed E-state index contributed by atoms with van der Waals surface area (Å²) in [4.78, 5) is 14.0. The number of urea groups is 1. The minimum absolute atomic E-state index is 0.0342. The largest absolute Gasteiger partial charge is 0.396 e. The third-order valence-corrected chi connectivity index (χ3v) is 4.24. The molecule has 0 aromatic heterocycles. The summed E-state index contributed by atoms with van der Waals surface area (Å²) in [5.41, 5.74) is 1.31. The van der Waals surface area contributed by atoms with Gasteiger partial charge in [0.05, 0.1) is 0 Å². The molecule has 21 heavy (non-hydrogen) atoms. The predicted octanol–water partition coefficient (Wildman–Crippen LogP) is 2.42. The highest BCUT2D eigenvalue weighted by molar-refractivity contribution is 5.74. The van der Waals surface area contributed by atoms with Crippen LogP contribution in [-0.4, -0.2) is 41.8 Å². The number of nitrogens with zero attached hydrogens (tertiary/aromatic N) is 1. The van der Waals surface area contributed by atoms with E-state index in [1.54, 1.807) is 0 Å². The van der Waals surface area contributed by atoms with Gasteiger partial charge in [0.15, 0.2) is 0 Å². The number of hydrogen-bond donors (Lipinski definition) is 2. The number of nitrogens with one attached hydrogen (secondary N) is 1. The topological polar surface area (TPSA) is 52.6 Å². The van der Waals surface area contributed by atoms with E-state index in [0.29, 0.717) is 5.92 Å². The van der Waals surface area contributed by atoms with Gasteiger partial charge in [-0.05, 0) is 44.1 Å². The van der Waals surface area contributed by atoms with Crippen molar-refractivity contribution in [1.82, 2.24) is 10.2 Å². The first-order chi connectivity index (χ1) is 10.2. The van der Waals surface area contributed by atoms with Crippen LogP contribution in [0.4, 0.5) is 4.79 Å². The molecule has 4 heteroatoms. The Morgan fingerprint density at radius 1 is 1.33 bits per heavy atom. The van der Waals surface area contributed by atoms with E-state index in [0.717, 1.165) is 38.8 Å². The van der Waals surface area contributed by atoms with Gasteiger partial charge in [0.1, 0.15) is 0 Å². The molecule has 1 heterocycles. The van der Waals surface area contributed by atoms with Crippen LogP contribution in [0.5, 0.6) is 0 Å². The van der Waals surface area contributed by atoms with E-state index in [1.807, 2.05) is 23.1 Å². The van der Waals surface area contributed by atoms with Crippen LogP contribution in [-0.2, 0) is 6.42 Å². The number of rotatable bonds is 5. The average Bonchev–Trinajstić information content (AvgIpc) is 2.54. The van der Waals surface area contributed by atoms with Crippen molar-refractivity contribution in [2.45, 2.75) is 38.6 Å². The van der Waals surface area contributed by atoms with E-state index < -0.39 is 0 Å². The molecule has 2 N–H and O–H groups in total. The van der Waals surface area contributed by atoms with Gasteiger partial charge in [-0.15, -0.1) is 0 Å². The SMILES string of the molecule is CC(CCc1ccccc1)NC(=O)N1CCC(CO)CC1. The Morgan fingerprint density at radius 2 is 2.00 bits per heavy atom. The van der Waals surface area contributed by atoms with Gasteiger partial charge >= 0.3 is 6.03 Å². The van der Waals surface area contributed by atoms with E-state index in [9.17, 15) is 4.79 Å². The molecule has 0 spiro atoms. The quantitative estimate of drug-likeness (QED) is 0.875. The number of aryl methyl sites for hydroxylation is 1. The van der Waals surface area contributed by atoms with Crippen LogP contribution >= 0.6 is 0 Å². The number of aliphatic hydroxyl groups is 1. The molecule has 0 aliphatic carbocycles. The molecule has 1 saturated heterocycles. The lowest BCUT2D eigenvalue weighted by atomic mass is 9.98. The summed E-state index contributed by atoms with van der Waals surface area (Å²) < 4.78 is 0. The monoisotopic (exact) mass is 290 g/mol. The Labute approximate surface area is 127 Å². The van der Waals surface area contributed by atoms with Crippen LogP contribution in [0, 0.1) is 5.92 Å². The summed E-state index contributed by atoms with van der Waals surface area (Å²) in [5.74, 6) is 0.365. The molecule has 2 amide bonds. The molecule has 1 aliphatic rings. The molecule has 4 nitrogen and oxygen atoms in total. The normalized spacial score (nSPS) is 17.5. The summed E-state index contributed by atoms with van der Waals surface area (Å²) in [5, 5.41) is 12.2. The molecule has 2 rings (SSSR count). The van der Waals surface area contributed by atoms with Gasteiger partial charge in [0.25, 0.3) is 0 Å². The standard InChI is InChI=1S/C17H26N2O2/c1-14(7-8-15-5-3-2-4-6-15)18-17(21)19-11-9-16(13-20)10-12-19/h2-6,14,16,20H,7-13H2,1H3,(H,18,21). The molecule has 1 unspecified atom stereocenters. The number of likely N-dealkylation sites (tertiary alicyclic amines) is 1. The Hall–Kier alpha value is -1.55. The van der Waals surface area contributed by atoms with E-state index in [-0.39, 0.29) is 18.7 Å². The number of piperidine rings is 1. The van der Waals surface area contributed by atoms with Crippen molar-refractivity contribution in [3.05, 3.63) is 35.9 Å². The zero-order valence-electron chi connectivity index (χ0n) is 12.8. The van der Waals surface area contributed by atoms with E-state index in [4.69, 9.17) is 5.11 Å². The highest BCUT2D eigenvalue weighted by atomic mass is 16.3. The van der Waals surface area contributed by atoms with E-state index in [1.165, 1.54) is 5.56 Å². The molecule has 0 radical (unpaired) electrons. The fraction of sp³-hybridized carbons (Fsp3) is 0.588. The lowest BCUT2D eigenvalue weighted by Crippen LogP contribution is -2.47. The van der Waals surface area contributed by atoms with Gasteiger partial charge in [-0.1, -0.05) is 30.3 Å². The van der Waals surface area contributed by atoms with Crippen molar-refractivity contribution in [1.29, 1.82) is 0 Å². The van der Waals surface area contributed by atoms with Crippen LogP contribution in [0.15, 0.2) is 30.3 Å². The lowest BCUT2D eigenvalue weighted by molar-refractivity contribution is 0.135. The zero-order chi connectivity index (χ0) is 15.1. The smallest absolute Gasteiger partial charge is 0.317 e. The fourth-order valence-corrected chi connectivity index (χ4v) is 2.72. The third kappa shape index (κ3) is 5.05. The van der Waals surface area contributed by atoms with Gasteiger partial charge in [-0.25, -0.2) is 4.79 Å². The van der Waals surface area contributed by atoms with Crippen LogP contribution in [0.2, 0.25) is 0 Å². The highest BCUT2D eigenvalue weighted by Gasteiger charge is 2.22. The second kappa shape index (κ2) is 8.03. The number of amides is 2.